The van der Waals surface area contributed by atoms with Gasteiger partial charge in [-0.15, -0.1) is 0 Å². The van der Waals surface area contributed by atoms with Gasteiger partial charge >= 0.3 is 0 Å². The van der Waals surface area contributed by atoms with Gasteiger partial charge in [0.25, 0.3) is 0 Å². The lowest BCUT2D eigenvalue weighted by molar-refractivity contribution is 0.602. The molecule has 0 bridgehead atoms. The lowest BCUT2D eigenvalue weighted by Gasteiger charge is -2.10. The maximum Gasteiger partial charge on any atom is 0.191 e. The van der Waals surface area contributed by atoms with Gasteiger partial charge in [0, 0.05) is 25.1 Å². The van der Waals surface area contributed by atoms with Crippen molar-refractivity contribution in [1.82, 2.24) is 10.6 Å². The Labute approximate surface area is 131 Å². The Hall–Kier alpha value is -1.21. The van der Waals surface area contributed by atoms with Crippen molar-refractivity contribution in [2.24, 2.45) is 4.99 Å². The molecule has 5 nitrogen and oxygen atoms in total. The van der Waals surface area contributed by atoms with Crippen molar-refractivity contribution in [2.45, 2.75) is 18.4 Å². The van der Waals surface area contributed by atoms with E-state index in [0.717, 1.165) is 30.4 Å². The van der Waals surface area contributed by atoms with Gasteiger partial charge in [-0.25, -0.2) is 13.4 Å². The van der Waals surface area contributed by atoms with Crippen LogP contribution in [-0.2, 0) is 16.4 Å². The molecule has 1 aromatic carbocycles. The van der Waals surface area contributed by atoms with Crippen LogP contribution < -0.4 is 10.6 Å². The van der Waals surface area contributed by atoms with Crippen LogP contribution in [0.1, 0.15) is 12.5 Å². The van der Waals surface area contributed by atoms with Gasteiger partial charge in [0.15, 0.2) is 15.8 Å². The molecule has 7 heteroatoms. The summed E-state index contributed by atoms with van der Waals surface area (Å²) in [6.45, 7) is 4.20. The van der Waals surface area contributed by atoms with Crippen LogP contribution in [0.25, 0.3) is 0 Å². The van der Waals surface area contributed by atoms with Crippen molar-refractivity contribution >= 4 is 27.6 Å². The highest BCUT2D eigenvalue weighted by atomic mass is 32.2. The molecule has 0 amide bonds. The fourth-order valence-electron chi connectivity index (χ4n) is 1.63. The average molecular weight is 329 g/mol. The van der Waals surface area contributed by atoms with Gasteiger partial charge < -0.3 is 10.6 Å². The van der Waals surface area contributed by atoms with Crippen molar-refractivity contribution in [1.29, 1.82) is 0 Å². The van der Waals surface area contributed by atoms with E-state index >= 15 is 0 Å². The Kier molecular flexibility index (Phi) is 7.60. The zero-order valence-corrected chi connectivity index (χ0v) is 14.4. The Morgan fingerprint density at radius 3 is 2.43 bits per heavy atom. The summed E-state index contributed by atoms with van der Waals surface area (Å²) < 4.78 is 22.8. The largest absolute Gasteiger partial charge is 0.357 e. The standard InChI is InChI=1S/C14H23N3O2S2/c1-4-15-14(16-9-10-20-2)17-11-12-5-7-13(8-6-12)21(3,18)19/h5-8H,4,9-11H2,1-3H3,(H2,15,16,17). The minimum absolute atomic E-state index is 0.334. The summed E-state index contributed by atoms with van der Waals surface area (Å²) in [6, 6.07) is 6.83. The Balaban J connectivity index is 2.67. The third-order valence-corrected chi connectivity index (χ3v) is 4.45. The van der Waals surface area contributed by atoms with Crippen LogP contribution in [0.15, 0.2) is 34.2 Å². The fourth-order valence-corrected chi connectivity index (χ4v) is 2.56. The van der Waals surface area contributed by atoms with Crippen LogP contribution in [0, 0.1) is 0 Å². The molecule has 0 unspecified atom stereocenters. The van der Waals surface area contributed by atoms with Crippen molar-refractivity contribution in [2.75, 3.05) is 31.4 Å². The molecule has 0 spiro atoms. The molecule has 21 heavy (non-hydrogen) atoms. The van der Waals surface area contributed by atoms with Crippen LogP contribution in [0.5, 0.6) is 0 Å². The van der Waals surface area contributed by atoms with Crippen LogP contribution >= 0.6 is 11.8 Å². The molecule has 0 fully saturated rings. The predicted octanol–water partition coefficient (Wildman–Crippen LogP) is 1.51. The molecule has 118 valence electrons. The first-order chi connectivity index (χ1) is 9.97. The summed E-state index contributed by atoms with van der Waals surface area (Å²) in [7, 11) is -3.14. The van der Waals surface area contributed by atoms with E-state index in [-0.39, 0.29) is 0 Å². The average Bonchev–Trinajstić information content (AvgIpc) is 2.44. The first-order valence-electron chi connectivity index (χ1n) is 6.77. The Morgan fingerprint density at radius 2 is 1.90 bits per heavy atom. The van der Waals surface area contributed by atoms with Crippen LogP contribution in [-0.4, -0.2) is 45.7 Å². The van der Waals surface area contributed by atoms with E-state index in [9.17, 15) is 8.42 Å². The second-order valence-electron chi connectivity index (χ2n) is 4.53. The van der Waals surface area contributed by atoms with E-state index in [1.54, 1.807) is 36.0 Å². The summed E-state index contributed by atoms with van der Waals surface area (Å²) in [5.74, 6) is 1.80. The molecule has 0 aliphatic rings. The van der Waals surface area contributed by atoms with Gasteiger partial charge in [-0.1, -0.05) is 12.1 Å². The van der Waals surface area contributed by atoms with E-state index in [1.165, 1.54) is 6.26 Å². The molecule has 0 aliphatic heterocycles. The van der Waals surface area contributed by atoms with Crippen molar-refractivity contribution < 1.29 is 8.42 Å². The SMILES string of the molecule is CCNC(=NCc1ccc(S(C)(=O)=O)cc1)NCCSC. The predicted molar refractivity (Wildman–Crippen MR) is 90.8 cm³/mol. The first-order valence-corrected chi connectivity index (χ1v) is 10.1. The summed E-state index contributed by atoms with van der Waals surface area (Å²) in [6.07, 6.45) is 3.27. The van der Waals surface area contributed by atoms with Crippen molar-refractivity contribution in [3.63, 3.8) is 0 Å². The van der Waals surface area contributed by atoms with E-state index in [4.69, 9.17) is 0 Å². The second-order valence-corrected chi connectivity index (χ2v) is 7.53. The number of guanidine groups is 1. The summed E-state index contributed by atoms with van der Waals surface area (Å²) in [5, 5.41) is 6.43. The topological polar surface area (TPSA) is 70.6 Å². The number of benzene rings is 1. The molecular formula is C14H23N3O2S2. The third-order valence-electron chi connectivity index (χ3n) is 2.71. The lowest BCUT2D eigenvalue weighted by Crippen LogP contribution is -2.38. The zero-order chi connectivity index (χ0) is 15.7. The number of aliphatic imine (C=N–C) groups is 1. The number of nitrogens with zero attached hydrogens (tertiary/aromatic N) is 1. The molecule has 0 aliphatic carbocycles. The lowest BCUT2D eigenvalue weighted by atomic mass is 10.2. The van der Waals surface area contributed by atoms with Crippen molar-refractivity contribution in [3.8, 4) is 0 Å². The quantitative estimate of drug-likeness (QED) is 0.451. The second kappa shape index (κ2) is 8.94. The summed E-state index contributed by atoms with van der Waals surface area (Å²) >= 11 is 1.78. The molecule has 2 N–H and O–H groups in total. The Morgan fingerprint density at radius 1 is 1.24 bits per heavy atom. The molecule has 0 atom stereocenters. The fraction of sp³-hybridized carbons (Fsp3) is 0.500. The Bertz CT molecular complexity index is 554. The smallest absolute Gasteiger partial charge is 0.191 e. The number of sulfone groups is 1. The van der Waals surface area contributed by atoms with Gasteiger partial charge in [-0.2, -0.15) is 11.8 Å². The maximum atomic E-state index is 11.4. The van der Waals surface area contributed by atoms with E-state index in [0.29, 0.717) is 11.4 Å². The number of nitrogens with one attached hydrogen (secondary N) is 2. The summed E-state index contributed by atoms with van der Waals surface area (Å²) in [5.41, 5.74) is 0.976. The molecule has 0 saturated heterocycles. The number of rotatable bonds is 7. The zero-order valence-electron chi connectivity index (χ0n) is 12.7. The molecule has 0 radical (unpaired) electrons. The normalized spacial score (nSPS) is 12.2. The first kappa shape index (κ1) is 17.8. The molecule has 1 rings (SSSR count). The van der Waals surface area contributed by atoms with Crippen LogP contribution in [0.3, 0.4) is 0 Å². The molecular weight excluding hydrogens is 306 g/mol. The maximum absolute atomic E-state index is 11.4. The van der Waals surface area contributed by atoms with E-state index < -0.39 is 9.84 Å². The van der Waals surface area contributed by atoms with Gasteiger partial charge in [-0.05, 0) is 30.9 Å². The molecule has 0 saturated carbocycles. The van der Waals surface area contributed by atoms with Crippen molar-refractivity contribution in [3.05, 3.63) is 29.8 Å². The molecule has 1 aromatic rings. The third kappa shape index (κ3) is 6.86. The highest BCUT2D eigenvalue weighted by Crippen LogP contribution is 2.10. The van der Waals surface area contributed by atoms with E-state index in [2.05, 4.69) is 21.9 Å². The highest BCUT2D eigenvalue weighted by molar-refractivity contribution is 7.98. The van der Waals surface area contributed by atoms with Gasteiger partial charge in [0.05, 0.1) is 11.4 Å². The van der Waals surface area contributed by atoms with Gasteiger partial charge in [0.1, 0.15) is 0 Å². The number of thioether (sulfide) groups is 1. The van der Waals surface area contributed by atoms with Crippen LogP contribution in [0.4, 0.5) is 0 Å². The van der Waals surface area contributed by atoms with Gasteiger partial charge in [0.2, 0.25) is 0 Å². The summed E-state index contributed by atoms with van der Waals surface area (Å²) in [4.78, 5) is 4.82. The minimum Gasteiger partial charge on any atom is -0.357 e. The number of hydrogen-bond acceptors (Lipinski definition) is 4. The monoisotopic (exact) mass is 329 g/mol. The number of hydrogen-bond donors (Lipinski definition) is 2. The molecule has 0 aromatic heterocycles. The minimum atomic E-state index is -3.14. The van der Waals surface area contributed by atoms with Crippen LogP contribution in [0.2, 0.25) is 0 Å². The highest BCUT2D eigenvalue weighted by Gasteiger charge is 2.05. The molecule has 0 heterocycles. The van der Waals surface area contributed by atoms with E-state index in [1.807, 2.05) is 6.92 Å². The van der Waals surface area contributed by atoms with Gasteiger partial charge in [-0.3, -0.25) is 0 Å².